The van der Waals surface area contributed by atoms with Crippen LogP contribution in [0.3, 0.4) is 0 Å². The summed E-state index contributed by atoms with van der Waals surface area (Å²) in [5.41, 5.74) is 0. The van der Waals surface area contributed by atoms with Gasteiger partial charge in [0.05, 0.1) is 3.74 Å². The van der Waals surface area contributed by atoms with Gasteiger partial charge in [-0.15, -0.1) is 0 Å². The topological polar surface area (TPSA) is 0 Å². The lowest BCUT2D eigenvalue weighted by Gasteiger charge is -1.98. The highest BCUT2D eigenvalue weighted by atomic mass is 79.9. The van der Waals surface area contributed by atoms with E-state index in [-0.39, 0.29) is 0 Å². The number of hydrogen-bond donors (Lipinski definition) is 0. The summed E-state index contributed by atoms with van der Waals surface area (Å²) in [4.78, 5) is 0. The van der Waals surface area contributed by atoms with Crippen molar-refractivity contribution in [3.05, 3.63) is 6.92 Å². The molecule has 0 aliphatic heterocycles. The molecule has 0 atom stereocenters. The normalized spacial score (nSPS) is 10.7. The fraction of sp³-hybridized carbons (Fsp3) is 0.857. The Bertz CT molecular complexity index is 52.9. The first-order valence-electron chi connectivity index (χ1n) is 3.34. The lowest BCUT2D eigenvalue weighted by molar-refractivity contribution is 0.673. The van der Waals surface area contributed by atoms with E-state index in [1.165, 1.54) is 25.7 Å². The summed E-state index contributed by atoms with van der Waals surface area (Å²) in [6.07, 6.45) is 6.19. The predicted molar refractivity (Wildman–Crippen MR) is 50.1 cm³/mol. The second-order valence-electron chi connectivity index (χ2n) is 2.09. The van der Waals surface area contributed by atoms with E-state index in [2.05, 4.69) is 38.8 Å². The molecule has 0 aromatic carbocycles. The molecule has 0 N–H and O–H groups in total. The average Bonchev–Trinajstić information content (AvgIpc) is 1.80. The van der Waals surface area contributed by atoms with Gasteiger partial charge in [0.15, 0.2) is 0 Å². The summed E-state index contributed by atoms with van der Waals surface area (Å²) >= 11 is 6.86. The van der Waals surface area contributed by atoms with Crippen LogP contribution < -0.4 is 0 Å². The van der Waals surface area contributed by atoms with Gasteiger partial charge in [-0.1, -0.05) is 64.5 Å². The van der Waals surface area contributed by atoms with Crippen LogP contribution in [-0.4, -0.2) is 3.74 Å². The summed E-state index contributed by atoms with van der Waals surface area (Å²) in [6, 6.07) is 0. The molecule has 0 amide bonds. The molecule has 0 unspecified atom stereocenters. The van der Waals surface area contributed by atoms with E-state index in [1.807, 2.05) is 0 Å². The Kier molecular flexibility index (Phi) is 7.83. The first-order valence-corrected chi connectivity index (χ1v) is 5.18. The molecule has 9 heavy (non-hydrogen) atoms. The van der Waals surface area contributed by atoms with Gasteiger partial charge in [0.1, 0.15) is 0 Å². The Hall–Kier alpha value is 0.960. The quantitative estimate of drug-likeness (QED) is 0.517. The zero-order valence-electron chi connectivity index (χ0n) is 5.58. The van der Waals surface area contributed by atoms with Crippen LogP contribution in [0.1, 0.15) is 32.1 Å². The Morgan fingerprint density at radius 3 is 2.22 bits per heavy atom. The smallest absolute Gasteiger partial charge is 0.0697 e. The second-order valence-corrected chi connectivity index (χ2v) is 5.53. The molecule has 2 heteroatoms. The Morgan fingerprint density at radius 2 is 1.78 bits per heavy atom. The molecule has 0 spiro atoms. The molecular formula is C7H13Br2. The van der Waals surface area contributed by atoms with E-state index in [4.69, 9.17) is 0 Å². The van der Waals surface area contributed by atoms with Gasteiger partial charge in [-0.05, 0) is 6.42 Å². The summed E-state index contributed by atoms with van der Waals surface area (Å²) in [6.45, 7) is 3.78. The Balaban J connectivity index is 2.75. The van der Waals surface area contributed by atoms with Gasteiger partial charge < -0.3 is 0 Å². The fourth-order valence-electron chi connectivity index (χ4n) is 0.652. The van der Waals surface area contributed by atoms with Gasteiger partial charge in [-0.2, -0.15) is 0 Å². The lowest BCUT2D eigenvalue weighted by atomic mass is 10.2. The summed E-state index contributed by atoms with van der Waals surface area (Å²) in [7, 11) is 0. The molecule has 0 aromatic rings. The number of rotatable bonds is 5. The van der Waals surface area contributed by atoms with Gasteiger partial charge in [-0.25, -0.2) is 0 Å². The minimum atomic E-state index is 0.509. The lowest BCUT2D eigenvalue weighted by Crippen LogP contribution is -1.84. The number of hydrogen-bond acceptors (Lipinski definition) is 0. The van der Waals surface area contributed by atoms with Crippen molar-refractivity contribution in [1.82, 2.24) is 0 Å². The van der Waals surface area contributed by atoms with Crippen molar-refractivity contribution < 1.29 is 0 Å². The SMILES string of the molecule is [CH2]CCCCCC(Br)Br. The largest absolute Gasteiger partial charge is 0.0765 e. The van der Waals surface area contributed by atoms with E-state index < -0.39 is 0 Å². The molecule has 0 rings (SSSR count). The van der Waals surface area contributed by atoms with Crippen molar-refractivity contribution >= 4 is 31.9 Å². The molecule has 0 heterocycles. The van der Waals surface area contributed by atoms with Crippen molar-refractivity contribution in [1.29, 1.82) is 0 Å². The van der Waals surface area contributed by atoms with Crippen LogP contribution in [0.2, 0.25) is 0 Å². The van der Waals surface area contributed by atoms with E-state index in [0.717, 1.165) is 6.42 Å². The van der Waals surface area contributed by atoms with Crippen molar-refractivity contribution in [2.45, 2.75) is 35.8 Å². The Morgan fingerprint density at radius 1 is 1.11 bits per heavy atom. The van der Waals surface area contributed by atoms with Gasteiger partial charge in [-0.3, -0.25) is 0 Å². The highest BCUT2D eigenvalue weighted by molar-refractivity contribution is 9.24. The fourth-order valence-corrected chi connectivity index (χ4v) is 1.30. The van der Waals surface area contributed by atoms with Crippen LogP contribution in [0.15, 0.2) is 0 Å². The molecule has 0 fully saturated rings. The molecule has 0 saturated carbocycles. The standard InChI is InChI=1S/C7H13Br2/c1-2-3-4-5-6-7(8)9/h7H,1-6H2. The maximum absolute atomic E-state index is 3.78. The average molecular weight is 257 g/mol. The molecule has 0 aliphatic carbocycles. The van der Waals surface area contributed by atoms with E-state index >= 15 is 0 Å². The van der Waals surface area contributed by atoms with Crippen LogP contribution in [0.25, 0.3) is 0 Å². The van der Waals surface area contributed by atoms with E-state index in [1.54, 1.807) is 0 Å². The molecular weight excluding hydrogens is 244 g/mol. The van der Waals surface area contributed by atoms with Crippen LogP contribution in [-0.2, 0) is 0 Å². The third-order valence-electron chi connectivity index (χ3n) is 1.17. The third kappa shape index (κ3) is 8.96. The van der Waals surface area contributed by atoms with Crippen molar-refractivity contribution in [2.75, 3.05) is 0 Å². The molecule has 1 radical (unpaired) electrons. The predicted octanol–water partition coefficient (Wildman–Crippen LogP) is 3.89. The maximum Gasteiger partial charge on any atom is 0.0697 e. The minimum Gasteiger partial charge on any atom is -0.0765 e. The van der Waals surface area contributed by atoms with Gasteiger partial charge in [0.25, 0.3) is 0 Å². The zero-order chi connectivity index (χ0) is 7.11. The van der Waals surface area contributed by atoms with Crippen molar-refractivity contribution in [3.63, 3.8) is 0 Å². The van der Waals surface area contributed by atoms with Crippen molar-refractivity contribution in [2.24, 2.45) is 0 Å². The highest BCUT2D eigenvalue weighted by Gasteiger charge is 1.95. The molecule has 0 aliphatic rings. The van der Waals surface area contributed by atoms with Gasteiger partial charge in [0.2, 0.25) is 0 Å². The van der Waals surface area contributed by atoms with Crippen molar-refractivity contribution in [3.8, 4) is 0 Å². The molecule has 0 nitrogen and oxygen atoms in total. The zero-order valence-corrected chi connectivity index (χ0v) is 8.75. The number of unbranched alkanes of at least 4 members (excludes halogenated alkanes) is 3. The summed E-state index contributed by atoms with van der Waals surface area (Å²) in [5.74, 6) is 0. The first kappa shape index (κ1) is 9.96. The minimum absolute atomic E-state index is 0.509. The van der Waals surface area contributed by atoms with Crippen LogP contribution in [0, 0.1) is 6.92 Å². The van der Waals surface area contributed by atoms with Crippen LogP contribution in [0.4, 0.5) is 0 Å². The first-order chi connectivity index (χ1) is 4.27. The van der Waals surface area contributed by atoms with Gasteiger partial charge >= 0.3 is 0 Å². The van der Waals surface area contributed by atoms with Crippen LogP contribution in [0.5, 0.6) is 0 Å². The molecule has 0 saturated heterocycles. The summed E-state index contributed by atoms with van der Waals surface area (Å²) < 4.78 is 0.509. The Labute approximate surface area is 74.7 Å². The third-order valence-corrected chi connectivity index (χ3v) is 2.09. The number of alkyl halides is 2. The summed E-state index contributed by atoms with van der Waals surface area (Å²) in [5, 5.41) is 0. The molecule has 0 aromatic heterocycles. The highest BCUT2D eigenvalue weighted by Crippen LogP contribution is 2.16. The maximum atomic E-state index is 3.78. The van der Waals surface area contributed by atoms with Crippen LogP contribution >= 0.6 is 31.9 Å². The second kappa shape index (κ2) is 7.07. The molecule has 0 bridgehead atoms. The van der Waals surface area contributed by atoms with E-state index in [9.17, 15) is 0 Å². The van der Waals surface area contributed by atoms with E-state index in [0.29, 0.717) is 3.74 Å². The molecule has 55 valence electrons. The number of halogens is 2. The van der Waals surface area contributed by atoms with Gasteiger partial charge in [0, 0.05) is 0 Å². The monoisotopic (exact) mass is 255 g/mol.